The third-order valence-corrected chi connectivity index (χ3v) is 3.54. The van der Waals surface area contributed by atoms with Gasteiger partial charge in [-0.05, 0) is 42.5 Å². The van der Waals surface area contributed by atoms with Gasteiger partial charge in [0, 0.05) is 16.8 Å². The molecule has 0 bridgehead atoms. The summed E-state index contributed by atoms with van der Waals surface area (Å²) in [5, 5.41) is 5.25. The summed E-state index contributed by atoms with van der Waals surface area (Å²) in [7, 11) is 0. The van der Waals surface area contributed by atoms with Crippen molar-refractivity contribution in [1.82, 2.24) is 0 Å². The lowest BCUT2D eigenvalue weighted by atomic mass is 10.1. The van der Waals surface area contributed by atoms with Gasteiger partial charge in [0.15, 0.2) is 0 Å². The molecule has 2 amide bonds. The van der Waals surface area contributed by atoms with Gasteiger partial charge in [-0.2, -0.15) is 0 Å². The van der Waals surface area contributed by atoms with Crippen molar-refractivity contribution in [2.75, 3.05) is 10.6 Å². The second-order valence-electron chi connectivity index (χ2n) is 5.33. The van der Waals surface area contributed by atoms with Crippen molar-refractivity contribution in [3.05, 3.63) is 95.8 Å². The Hall–Kier alpha value is -3.47. The summed E-state index contributed by atoms with van der Waals surface area (Å²) in [6.07, 6.45) is 0. The van der Waals surface area contributed by atoms with Gasteiger partial charge in [-0.3, -0.25) is 9.59 Å². The maximum atomic E-state index is 13.6. The highest BCUT2D eigenvalue weighted by Crippen LogP contribution is 2.15. The molecule has 124 valence electrons. The van der Waals surface area contributed by atoms with Gasteiger partial charge in [0.25, 0.3) is 11.8 Å². The van der Waals surface area contributed by atoms with Crippen LogP contribution in [0.1, 0.15) is 20.7 Å². The Morgan fingerprint density at radius 1 is 0.680 bits per heavy atom. The lowest BCUT2D eigenvalue weighted by Crippen LogP contribution is -2.16. The molecule has 3 aromatic carbocycles. The van der Waals surface area contributed by atoms with Crippen LogP contribution < -0.4 is 10.6 Å². The van der Waals surface area contributed by atoms with Gasteiger partial charge in [0.05, 0.1) is 5.69 Å². The second kappa shape index (κ2) is 7.40. The van der Waals surface area contributed by atoms with Crippen molar-refractivity contribution in [2.24, 2.45) is 0 Å². The number of carbonyl (C=O) groups excluding carboxylic acids is 2. The van der Waals surface area contributed by atoms with Crippen LogP contribution in [0.15, 0.2) is 78.9 Å². The largest absolute Gasteiger partial charge is 0.322 e. The maximum Gasteiger partial charge on any atom is 0.255 e. The van der Waals surface area contributed by atoms with Gasteiger partial charge in [-0.25, -0.2) is 4.39 Å². The van der Waals surface area contributed by atoms with Crippen LogP contribution in [0.3, 0.4) is 0 Å². The molecule has 3 rings (SSSR count). The number of rotatable bonds is 4. The molecule has 0 saturated heterocycles. The quantitative estimate of drug-likeness (QED) is 0.746. The number of amides is 2. The van der Waals surface area contributed by atoms with E-state index in [0.29, 0.717) is 11.3 Å². The number of hydrogen-bond donors (Lipinski definition) is 2. The fourth-order valence-electron chi connectivity index (χ4n) is 2.28. The van der Waals surface area contributed by atoms with Crippen LogP contribution in [0.25, 0.3) is 0 Å². The molecule has 0 aliphatic rings. The molecule has 0 radical (unpaired) electrons. The van der Waals surface area contributed by atoms with Crippen LogP contribution >= 0.6 is 0 Å². The van der Waals surface area contributed by atoms with E-state index in [1.807, 2.05) is 18.2 Å². The maximum absolute atomic E-state index is 13.6. The van der Waals surface area contributed by atoms with Crippen molar-refractivity contribution in [3.63, 3.8) is 0 Å². The summed E-state index contributed by atoms with van der Waals surface area (Å²) in [4.78, 5) is 24.6. The number of nitrogens with one attached hydrogen (secondary N) is 2. The van der Waals surface area contributed by atoms with E-state index >= 15 is 0 Å². The third kappa shape index (κ3) is 4.09. The van der Waals surface area contributed by atoms with Crippen LogP contribution in [0.5, 0.6) is 0 Å². The van der Waals surface area contributed by atoms with Gasteiger partial charge in [-0.15, -0.1) is 0 Å². The lowest BCUT2D eigenvalue weighted by Gasteiger charge is -2.08. The summed E-state index contributed by atoms with van der Waals surface area (Å²) in [5.41, 5.74) is 1.36. The summed E-state index contributed by atoms with van der Waals surface area (Å²) < 4.78 is 13.6. The van der Waals surface area contributed by atoms with Crippen LogP contribution in [-0.4, -0.2) is 11.8 Å². The number of hydrogen-bond acceptors (Lipinski definition) is 2. The molecule has 0 aliphatic heterocycles. The number of carbonyl (C=O) groups is 2. The molecule has 0 heterocycles. The monoisotopic (exact) mass is 334 g/mol. The van der Waals surface area contributed by atoms with Gasteiger partial charge in [0.1, 0.15) is 5.82 Å². The molecule has 3 aromatic rings. The molecule has 0 spiro atoms. The van der Waals surface area contributed by atoms with E-state index in [0.717, 1.165) is 0 Å². The average Bonchev–Trinajstić information content (AvgIpc) is 2.64. The molecular formula is C20H15FN2O2. The molecule has 4 nitrogen and oxygen atoms in total. The zero-order valence-electron chi connectivity index (χ0n) is 13.2. The molecule has 0 atom stereocenters. The van der Waals surface area contributed by atoms with E-state index in [9.17, 15) is 14.0 Å². The Morgan fingerprint density at radius 2 is 1.28 bits per heavy atom. The Labute approximate surface area is 144 Å². The van der Waals surface area contributed by atoms with Crippen molar-refractivity contribution in [1.29, 1.82) is 0 Å². The predicted octanol–water partition coefficient (Wildman–Crippen LogP) is 4.33. The fraction of sp³-hybridized carbons (Fsp3) is 0. The zero-order valence-corrected chi connectivity index (χ0v) is 13.2. The molecule has 0 aliphatic carbocycles. The summed E-state index contributed by atoms with van der Waals surface area (Å²) in [5.74, 6) is -1.33. The minimum Gasteiger partial charge on any atom is -0.322 e. The molecule has 0 unspecified atom stereocenters. The van der Waals surface area contributed by atoms with Gasteiger partial charge in [-0.1, -0.05) is 36.4 Å². The Bertz CT molecular complexity index is 910. The smallest absolute Gasteiger partial charge is 0.255 e. The normalized spacial score (nSPS) is 10.1. The van der Waals surface area contributed by atoms with E-state index in [1.165, 1.54) is 18.2 Å². The second-order valence-corrected chi connectivity index (χ2v) is 5.33. The van der Waals surface area contributed by atoms with Crippen molar-refractivity contribution in [2.45, 2.75) is 0 Å². The van der Waals surface area contributed by atoms with E-state index in [1.54, 1.807) is 42.5 Å². The zero-order chi connectivity index (χ0) is 17.6. The lowest BCUT2D eigenvalue weighted by molar-refractivity contribution is 0.102. The molecule has 0 saturated carbocycles. The van der Waals surface area contributed by atoms with Crippen LogP contribution in [-0.2, 0) is 0 Å². The van der Waals surface area contributed by atoms with Gasteiger partial charge >= 0.3 is 0 Å². The minimum absolute atomic E-state index is 0.0895. The first-order valence-electron chi connectivity index (χ1n) is 7.66. The summed E-state index contributed by atoms with van der Waals surface area (Å²) >= 11 is 0. The molecule has 2 N–H and O–H groups in total. The molecule has 0 aromatic heterocycles. The molecular weight excluding hydrogens is 319 g/mol. The third-order valence-electron chi connectivity index (χ3n) is 3.54. The average molecular weight is 334 g/mol. The number of para-hydroxylation sites is 2. The fourth-order valence-corrected chi connectivity index (χ4v) is 2.28. The van der Waals surface area contributed by atoms with Crippen LogP contribution in [0.2, 0.25) is 0 Å². The van der Waals surface area contributed by atoms with E-state index < -0.39 is 11.7 Å². The number of halogens is 1. The highest BCUT2D eigenvalue weighted by molar-refractivity contribution is 6.08. The van der Waals surface area contributed by atoms with Crippen molar-refractivity contribution < 1.29 is 14.0 Å². The van der Waals surface area contributed by atoms with E-state index in [-0.39, 0.29) is 17.2 Å². The number of benzene rings is 3. The van der Waals surface area contributed by atoms with Crippen LogP contribution in [0.4, 0.5) is 15.8 Å². The van der Waals surface area contributed by atoms with E-state index in [2.05, 4.69) is 10.6 Å². The first-order valence-corrected chi connectivity index (χ1v) is 7.66. The SMILES string of the molecule is O=C(Nc1ccccc1)c1cccc(C(=O)Nc2ccccc2F)c1. The van der Waals surface area contributed by atoms with Gasteiger partial charge < -0.3 is 10.6 Å². The Morgan fingerprint density at radius 3 is 1.96 bits per heavy atom. The predicted molar refractivity (Wildman–Crippen MR) is 95.2 cm³/mol. The summed E-state index contributed by atoms with van der Waals surface area (Å²) in [6, 6.07) is 21.2. The first kappa shape index (κ1) is 16.4. The Kier molecular flexibility index (Phi) is 4.85. The van der Waals surface area contributed by atoms with E-state index in [4.69, 9.17) is 0 Å². The number of anilines is 2. The molecule has 5 heteroatoms. The highest BCUT2D eigenvalue weighted by atomic mass is 19.1. The van der Waals surface area contributed by atoms with Crippen LogP contribution in [0, 0.1) is 5.82 Å². The topological polar surface area (TPSA) is 58.2 Å². The minimum atomic E-state index is -0.520. The highest BCUT2D eigenvalue weighted by Gasteiger charge is 2.12. The Balaban J connectivity index is 1.76. The summed E-state index contributed by atoms with van der Waals surface area (Å²) in [6.45, 7) is 0. The van der Waals surface area contributed by atoms with Crippen molar-refractivity contribution in [3.8, 4) is 0 Å². The van der Waals surface area contributed by atoms with Crippen molar-refractivity contribution >= 4 is 23.2 Å². The standard InChI is InChI=1S/C20H15FN2O2/c21-17-11-4-5-12-18(17)23-20(25)15-8-6-7-14(13-15)19(24)22-16-9-2-1-3-10-16/h1-13H,(H,22,24)(H,23,25). The first-order chi connectivity index (χ1) is 12.1. The molecule has 0 fully saturated rings. The van der Waals surface area contributed by atoms with Gasteiger partial charge in [0.2, 0.25) is 0 Å². The molecule has 25 heavy (non-hydrogen) atoms.